The summed E-state index contributed by atoms with van der Waals surface area (Å²) in [5, 5.41) is 54.9. The van der Waals surface area contributed by atoms with Crippen molar-refractivity contribution in [2.45, 2.75) is 0 Å². The van der Waals surface area contributed by atoms with Crippen molar-refractivity contribution in [2.75, 3.05) is 42.5 Å². The van der Waals surface area contributed by atoms with Gasteiger partial charge in [0.2, 0.25) is 0 Å². The Balaban J connectivity index is 1.41. The smallest absolute Gasteiger partial charge is 0.272 e. The third kappa shape index (κ3) is 20.1. The van der Waals surface area contributed by atoms with Crippen molar-refractivity contribution in [3.05, 3.63) is 243 Å². The number of anilines is 8. The zero-order valence-electron chi connectivity index (χ0n) is 45.9. The summed E-state index contributed by atoms with van der Waals surface area (Å²) in [4.78, 5) is 0. The van der Waals surface area contributed by atoms with Crippen LogP contribution >= 0.6 is 128 Å². The molecule has 0 saturated carbocycles. The third-order valence-corrected chi connectivity index (χ3v) is 26.8. The molecule has 16 N–H and O–H groups in total. The number of benzene rings is 8. The quantitative estimate of drug-likeness (QED) is 0.0318. The minimum atomic E-state index is -4.36. The number of hydrogen-bond donors (Lipinski definition) is 16. The first-order valence-corrected chi connectivity index (χ1v) is 36.4. The van der Waals surface area contributed by atoms with Gasteiger partial charge in [-0.3, -0.25) is 40.7 Å². The molecule has 9 rings (SSSR count). The van der Waals surface area contributed by atoms with Gasteiger partial charge in [0.25, 0.3) is 30.0 Å². The van der Waals surface area contributed by atoms with E-state index in [1.165, 1.54) is 0 Å². The Morgan fingerprint density at radius 2 is 0.284 bits per heavy atom. The van der Waals surface area contributed by atoms with Crippen LogP contribution in [0.25, 0.3) is 0 Å². The Labute approximate surface area is 553 Å². The zero-order valence-corrected chi connectivity index (χ0v) is 56.0. The molecule has 0 saturated heterocycles. The second-order valence-electron chi connectivity index (χ2n) is 18.2. The van der Waals surface area contributed by atoms with Crippen LogP contribution in [0.2, 0.25) is 0 Å². The second-order valence-corrected chi connectivity index (χ2v) is 30.9. The molecule has 0 aromatic heterocycles. The highest BCUT2D eigenvalue weighted by atomic mass is 32.1. The molecule has 1 aliphatic heterocycles. The van der Waals surface area contributed by atoms with Gasteiger partial charge in [-0.2, -0.15) is 18.1 Å². The van der Waals surface area contributed by atoms with E-state index in [9.17, 15) is 0 Å². The van der Waals surface area contributed by atoms with Crippen LogP contribution < -0.4 is 83.2 Å². The highest BCUT2D eigenvalue weighted by molar-refractivity contribution is 7.91. The largest absolute Gasteiger partial charge is 0.332 e. The standard InChI is InChI=1S/C56H56N20P4S8/c81-49(57-41-25-9-1-10-26-41)65-77(66-50(82)58-42-27-11-2-12-28-42)73-78(67-51(83)59-43-29-13-3-14-30-43,68-52(84)60-44-31-15-4-16-32-44)75-80(71-55(87)63-47-37-21-7-22-38-47,72-56(88)64-48-39-23-8-24-40-48)76-79(74-77,69-53(85)61-45-33-17-5-18-34-45)70-54(86)62-46-35-19-6-20-36-46/h1-40H,(H2,57,65,81)(H2,58,66,82)(H2,59,67,83)(H2,60,68,84)(H2,61,69,85)(H2,62,70,86)(H2,63,71,87)(H2,64,72,88). The molecule has 0 radical (unpaired) electrons. The van der Waals surface area contributed by atoms with Crippen molar-refractivity contribution in [3.63, 3.8) is 0 Å². The first-order valence-electron chi connectivity index (χ1n) is 26.3. The third-order valence-electron chi connectivity index (χ3n) is 11.3. The zero-order chi connectivity index (χ0) is 61.7. The Bertz CT molecular complexity index is 3260. The number of hydrogen-bond acceptors (Lipinski definition) is 12. The molecule has 88 heavy (non-hydrogen) atoms. The van der Waals surface area contributed by atoms with Crippen LogP contribution in [0, 0.1) is 0 Å². The molecule has 32 heteroatoms. The van der Waals surface area contributed by atoms with Crippen LogP contribution in [0.4, 0.5) is 45.5 Å². The molecule has 0 atom stereocenters. The van der Waals surface area contributed by atoms with Crippen LogP contribution in [0.1, 0.15) is 0 Å². The molecule has 1 aliphatic rings. The van der Waals surface area contributed by atoms with Gasteiger partial charge in [0.15, 0.2) is 40.9 Å². The van der Waals surface area contributed by atoms with Gasteiger partial charge < -0.3 is 42.5 Å². The molecular weight excluding hydrogens is 1330 g/mol. The Kier molecular flexibility index (Phi) is 23.1. The maximum atomic E-state index is 6.32. The molecule has 0 fully saturated rings. The first-order chi connectivity index (χ1) is 42.6. The van der Waals surface area contributed by atoms with Crippen molar-refractivity contribution < 1.29 is 0 Å². The van der Waals surface area contributed by atoms with Crippen molar-refractivity contribution >= 4 is 214 Å². The Hall–Kier alpha value is -7.80. The summed E-state index contributed by atoms with van der Waals surface area (Å²) in [5.74, 6) is 0. The van der Waals surface area contributed by atoms with Gasteiger partial charge in [-0.15, -0.1) is 0 Å². The fourth-order valence-corrected chi connectivity index (χ4v) is 25.5. The number of rotatable bonds is 16. The van der Waals surface area contributed by atoms with Gasteiger partial charge in [0.1, 0.15) is 0 Å². The molecule has 1 heterocycles. The lowest BCUT2D eigenvalue weighted by Crippen LogP contribution is -2.41. The van der Waals surface area contributed by atoms with Crippen LogP contribution in [0.3, 0.4) is 0 Å². The fraction of sp³-hybridized carbons (Fsp3) is 0. The van der Waals surface area contributed by atoms with Crippen LogP contribution in [-0.2, 0) is 0 Å². The predicted molar refractivity (Wildman–Crippen MR) is 404 cm³/mol. The van der Waals surface area contributed by atoms with Gasteiger partial charge >= 0.3 is 0 Å². The van der Waals surface area contributed by atoms with E-state index in [0.29, 0.717) is 45.5 Å². The van der Waals surface area contributed by atoms with Crippen molar-refractivity contribution in [1.82, 2.24) is 40.7 Å². The summed E-state index contributed by atoms with van der Waals surface area (Å²) in [6.07, 6.45) is 0. The number of thiocarbonyl (C=S) groups is 8. The van der Waals surface area contributed by atoms with Crippen molar-refractivity contribution in [1.29, 1.82) is 0 Å². The highest BCUT2D eigenvalue weighted by Gasteiger charge is 2.42. The predicted octanol–water partition coefficient (Wildman–Crippen LogP) is 15.7. The second kappa shape index (κ2) is 31.4. The maximum Gasteiger partial charge on any atom is 0.272 e. The lowest BCUT2D eigenvalue weighted by molar-refractivity contribution is 1.23. The summed E-state index contributed by atoms with van der Waals surface area (Å²) < 4.78 is 23.6. The number of para-hydroxylation sites is 8. The Morgan fingerprint density at radius 3 is 0.386 bits per heavy atom. The highest BCUT2D eigenvalue weighted by Crippen LogP contribution is 2.71. The van der Waals surface area contributed by atoms with Gasteiger partial charge in [0.05, 0.1) is 0 Å². The average Bonchev–Trinajstić information content (AvgIpc) is 0.863. The topological polar surface area (TPSA) is 242 Å². The van der Waals surface area contributed by atoms with E-state index >= 15 is 0 Å². The molecule has 8 aromatic carbocycles. The normalized spacial score (nSPS) is 13.6. The number of nitrogens with one attached hydrogen (secondary N) is 16. The average molecular weight is 1390 g/mol. The van der Waals surface area contributed by atoms with Gasteiger partial charge in [0, 0.05) is 45.5 Å². The minimum Gasteiger partial charge on any atom is -0.332 e. The Morgan fingerprint density at radius 1 is 0.182 bits per heavy atom. The molecular formula is C56H56N20P4S8. The van der Waals surface area contributed by atoms with E-state index in [1.807, 2.05) is 243 Å². The molecule has 0 bridgehead atoms. The summed E-state index contributed by atoms with van der Waals surface area (Å²) in [7, 11) is -17.4. The molecule has 0 aliphatic carbocycles. The van der Waals surface area contributed by atoms with Gasteiger partial charge in [-0.25, -0.2) is 0 Å². The van der Waals surface area contributed by atoms with Crippen LogP contribution in [0.15, 0.2) is 261 Å². The summed E-state index contributed by atoms with van der Waals surface area (Å²) in [6, 6.07) is 74.5. The van der Waals surface area contributed by atoms with E-state index in [0.717, 1.165) is 0 Å². The summed E-state index contributed by atoms with van der Waals surface area (Å²) >= 11 is 50.6. The molecule has 0 unspecified atom stereocenters. The van der Waals surface area contributed by atoms with E-state index in [4.69, 9.17) is 116 Å². The van der Waals surface area contributed by atoms with Crippen molar-refractivity contribution in [3.8, 4) is 0 Å². The van der Waals surface area contributed by atoms with E-state index < -0.39 is 30.0 Å². The molecule has 0 amide bonds. The summed E-state index contributed by atoms with van der Waals surface area (Å²) in [6.45, 7) is 0. The van der Waals surface area contributed by atoms with E-state index in [-0.39, 0.29) is 40.9 Å². The lowest BCUT2D eigenvalue weighted by Gasteiger charge is -2.38. The van der Waals surface area contributed by atoms with Gasteiger partial charge in [-0.1, -0.05) is 146 Å². The van der Waals surface area contributed by atoms with Crippen LogP contribution in [-0.4, -0.2) is 40.9 Å². The molecule has 20 nitrogen and oxygen atoms in total. The SMILES string of the molecule is S=C(Nc1ccccc1)NP1(NC(=S)Nc2ccccc2)=NP(NC(=S)Nc2ccccc2)(NC(=S)Nc2ccccc2)=NP(NC(=S)Nc2ccccc2)(NC(=S)Nc2ccccc2)=NP(NC(=S)Nc2ccccc2)(NC(=S)Nc2ccccc2)=N1. The van der Waals surface area contributed by atoms with Gasteiger partial charge in [-0.05, 0) is 195 Å². The number of nitrogens with zero attached hydrogens (tertiary/aromatic N) is 4. The summed E-state index contributed by atoms with van der Waals surface area (Å²) in [5.41, 5.74) is 5.00. The first kappa shape index (κ1) is 64.7. The molecule has 8 aromatic rings. The van der Waals surface area contributed by atoms with E-state index in [1.54, 1.807) is 0 Å². The van der Waals surface area contributed by atoms with Crippen molar-refractivity contribution in [2.24, 2.45) is 18.1 Å². The minimum absolute atomic E-state index is 0.0301. The maximum absolute atomic E-state index is 6.32. The fourth-order valence-electron chi connectivity index (χ4n) is 7.87. The molecule has 0 spiro atoms. The van der Waals surface area contributed by atoms with Crippen LogP contribution in [0.5, 0.6) is 0 Å². The lowest BCUT2D eigenvalue weighted by atomic mass is 10.3. The van der Waals surface area contributed by atoms with E-state index in [2.05, 4.69) is 83.2 Å². The monoisotopic (exact) mass is 1390 g/mol. The molecule has 448 valence electrons.